The molecule has 4 atom stereocenters. The van der Waals surface area contributed by atoms with Crippen molar-refractivity contribution in [1.29, 1.82) is 0 Å². The van der Waals surface area contributed by atoms with Crippen molar-refractivity contribution in [1.82, 2.24) is 21.3 Å². The second kappa shape index (κ2) is 16.7. The molecule has 4 amide bonds. The zero-order valence-corrected chi connectivity index (χ0v) is 27.9. The third-order valence-electron chi connectivity index (χ3n) is 6.93. The van der Waals surface area contributed by atoms with E-state index in [1.54, 1.807) is 50.2 Å². The minimum absolute atomic E-state index is 0.00474. The molecule has 45 heavy (non-hydrogen) atoms. The van der Waals surface area contributed by atoms with Gasteiger partial charge in [-0.25, -0.2) is 4.79 Å². The number of halogens is 1. The smallest absolute Gasteiger partial charge is 0.327 e. The molecule has 0 spiro atoms. The zero-order chi connectivity index (χ0) is 34.1. The van der Waals surface area contributed by atoms with E-state index in [2.05, 4.69) is 46.5 Å². The number of rotatable bonds is 15. The zero-order valence-electron chi connectivity index (χ0n) is 25.4. The molecule has 0 saturated heterocycles. The van der Waals surface area contributed by atoms with Gasteiger partial charge in [0.15, 0.2) is 0 Å². The quantitative estimate of drug-likeness (QED) is 0.124. The SMILES string of the molecule is Cc1cc(O)cc(C)c1C[C@H](N)C(=O)N[C@H](CS)C(=O)NCC(=O)N[C@@H](Cc1ccc(Cl)cc1)C(=O)N[C@@H](C(=O)O)C(C)(C)S. The molecule has 8 N–H and O–H groups in total. The second-order valence-electron chi connectivity index (χ2n) is 11.2. The maximum atomic E-state index is 13.2. The molecule has 2 aromatic rings. The molecule has 246 valence electrons. The van der Waals surface area contributed by atoms with Gasteiger partial charge in [-0.3, -0.25) is 19.2 Å². The summed E-state index contributed by atoms with van der Waals surface area (Å²) in [5, 5.41) is 29.7. The van der Waals surface area contributed by atoms with Crippen LogP contribution in [0.5, 0.6) is 5.75 Å². The number of aromatic hydroxyl groups is 1. The lowest BCUT2D eigenvalue weighted by molar-refractivity contribution is -0.143. The summed E-state index contributed by atoms with van der Waals surface area (Å²) >= 11 is 14.4. The number of thiol groups is 2. The van der Waals surface area contributed by atoms with E-state index in [1.807, 2.05) is 0 Å². The summed E-state index contributed by atoms with van der Waals surface area (Å²) < 4.78 is -1.12. The van der Waals surface area contributed by atoms with E-state index in [1.165, 1.54) is 13.8 Å². The number of nitrogens with two attached hydrogens (primary N) is 1. The van der Waals surface area contributed by atoms with Gasteiger partial charge in [-0.05, 0) is 80.6 Å². The lowest BCUT2D eigenvalue weighted by Crippen LogP contribution is -2.58. The number of aliphatic carboxylic acids is 1. The standard InChI is InChI=1S/C30H40ClN5O7S2/c1-15-9-19(37)10-16(2)20(15)12-21(32)26(39)35-23(14-44)27(40)33-13-24(38)34-22(11-17-5-7-18(31)8-6-17)28(41)36-25(29(42)43)30(3,4)45/h5-10,21-23,25,37,44-45H,11-14,32H2,1-4H3,(H,33,40)(H,34,38)(H,35,39)(H,36,41)(H,42,43)/t21-,22-,23+,25-/m0/s1. The number of carboxylic acids is 1. The molecule has 0 fully saturated rings. The number of phenols is 1. The lowest BCUT2D eigenvalue weighted by atomic mass is 9.96. The van der Waals surface area contributed by atoms with Gasteiger partial charge in [0.1, 0.15) is 23.9 Å². The van der Waals surface area contributed by atoms with Gasteiger partial charge in [0.05, 0.1) is 12.6 Å². The van der Waals surface area contributed by atoms with Gasteiger partial charge in [-0.1, -0.05) is 23.7 Å². The topological polar surface area (TPSA) is 200 Å². The maximum Gasteiger partial charge on any atom is 0.327 e. The molecule has 0 saturated carbocycles. The summed E-state index contributed by atoms with van der Waals surface area (Å²) in [4.78, 5) is 63.4. The number of phenolic OH excluding ortho intramolecular Hbond substituents is 1. The van der Waals surface area contributed by atoms with Crippen LogP contribution in [0.3, 0.4) is 0 Å². The number of carboxylic acid groups (broad SMARTS) is 1. The monoisotopic (exact) mass is 681 g/mol. The van der Waals surface area contributed by atoms with E-state index >= 15 is 0 Å². The Morgan fingerprint density at radius 1 is 0.911 bits per heavy atom. The average molecular weight is 682 g/mol. The van der Waals surface area contributed by atoms with Crippen molar-refractivity contribution < 1.29 is 34.2 Å². The number of nitrogens with one attached hydrogen (secondary N) is 4. The summed E-state index contributed by atoms with van der Waals surface area (Å²) in [6, 6.07) is 4.95. The third-order valence-corrected chi connectivity index (χ3v) is 7.80. The number of aryl methyl sites for hydroxylation is 2. The van der Waals surface area contributed by atoms with E-state index in [-0.39, 0.29) is 24.3 Å². The van der Waals surface area contributed by atoms with Gasteiger partial charge in [-0.15, -0.1) is 0 Å². The first kappa shape index (κ1) is 37.7. The fourth-order valence-electron chi connectivity index (χ4n) is 4.46. The van der Waals surface area contributed by atoms with Crippen LogP contribution in [0.2, 0.25) is 5.02 Å². The predicted molar refractivity (Wildman–Crippen MR) is 178 cm³/mol. The molecule has 2 aromatic carbocycles. The van der Waals surface area contributed by atoms with E-state index in [4.69, 9.17) is 17.3 Å². The highest BCUT2D eigenvalue weighted by atomic mass is 35.5. The van der Waals surface area contributed by atoms with Crippen molar-refractivity contribution in [3.63, 3.8) is 0 Å². The molecule has 0 radical (unpaired) electrons. The number of hydrogen-bond donors (Lipinski definition) is 9. The lowest BCUT2D eigenvalue weighted by Gasteiger charge is -2.29. The largest absolute Gasteiger partial charge is 0.508 e. The first-order valence-electron chi connectivity index (χ1n) is 14.0. The molecule has 0 aromatic heterocycles. The van der Waals surface area contributed by atoms with Crippen LogP contribution in [0.4, 0.5) is 0 Å². The number of benzene rings is 2. The van der Waals surface area contributed by atoms with Gasteiger partial charge in [0.25, 0.3) is 0 Å². The molecule has 0 heterocycles. The predicted octanol–water partition coefficient (Wildman–Crippen LogP) is 1.07. The molecule has 2 rings (SSSR count). The number of amides is 4. The van der Waals surface area contributed by atoms with Crippen molar-refractivity contribution in [3.8, 4) is 5.75 Å². The van der Waals surface area contributed by atoms with Crippen LogP contribution in [0, 0.1) is 13.8 Å². The Morgan fingerprint density at radius 2 is 1.49 bits per heavy atom. The Balaban J connectivity index is 2.05. The van der Waals surface area contributed by atoms with Crippen LogP contribution in [0.25, 0.3) is 0 Å². The van der Waals surface area contributed by atoms with E-state index in [9.17, 15) is 34.2 Å². The molecule has 0 unspecified atom stereocenters. The van der Waals surface area contributed by atoms with E-state index < -0.39 is 65.1 Å². The van der Waals surface area contributed by atoms with Gasteiger partial charge in [-0.2, -0.15) is 25.3 Å². The van der Waals surface area contributed by atoms with Crippen LogP contribution < -0.4 is 27.0 Å². The fraction of sp³-hybridized carbons (Fsp3) is 0.433. The van der Waals surface area contributed by atoms with E-state index in [0.717, 1.165) is 16.7 Å². The van der Waals surface area contributed by atoms with Crippen LogP contribution in [-0.2, 0) is 36.8 Å². The maximum absolute atomic E-state index is 13.2. The summed E-state index contributed by atoms with van der Waals surface area (Å²) in [6.07, 6.45) is 0.159. The van der Waals surface area contributed by atoms with Crippen LogP contribution in [-0.4, -0.2) is 81.0 Å². The fourth-order valence-corrected chi connectivity index (χ4v) is 5.02. The molecular formula is C30H40ClN5O7S2. The normalized spacial score (nSPS) is 14.0. The second-order valence-corrected chi connectivity index (χ2v) is 13.2. The van der Waals surface area contributed by atoms with Crippen molar-refractivity contribution in [2.75, 3.05) is 12.3 Å². The highest BCUT2D eigenvalue weighted by molar-refractivity contribution is 7.81. The summed E-state index contributed by atoms with van der Waals surface area (Å²) in [6.45, 7) is 6.07. The highest BCUT2D eigenvalue weighted by Gasteiger charge is 2.36. The van der Waals surface area contributed by atoms with Crippen molar-refractivity contribution >= 4 is 66.5 Å². The van der Waals surface area contributed by atoms with Gasteiger partial charge in [0, 0.05) is 21.9 Å². The Bertz CT molecular complexity index is 1380. The summed E-state index contributed by atoms with van der Waals surface area (Å²) in [7, 11) is 0. The third kappa shape index (κ3) is 11.8. The molecule has 15 heteroatoms. The van der Waals surface area contributed by atoms with Gasteiger partial charge < -0.3 is 37.2 Å². The summed E-state index contributed by atoms with van der Waals surface area (Å²) in [5.41, 5.74) is 9.06. The van der Waals surface area contributed by atoms with Crippen molar-refractivity contribution in [2.24, 2.45) is 5.73 Å². The average Bonchev–Trinajstić information content (AvgIpc) is 2.94. The highest BCUT2D eigenvalue weighted by Crippen LogP contribution is 2.22. The first-order valence-corrected chi connectivity index (χ1v) is 15.4. The van der Waals surface area contributed by atoms with Crippen LogP contribution >= 0.6 is 36.9 Å². The van der Waals surface area contributed by atoms with Crippen molar-refractivity contribution in [2.45, 2.75) is 69.5 Å². The van der Waals surface area contributed by atoms with E-state index in [0.29, 0.717) is 10.6 Å². The van der Waals surface area contributed by atoms with Gasteiger partial charge >= 0.3 is 5.97 Å². The van der Waals surface area contributed by atoms with Gasteiger partial charge in [0.2, 0.25) is 23.6 Å². The molecule has 0 bridgehead atoms. The molecule has 0 aliphatic heterocycles. The summed E-state index contributed by atoms with van der Waals surface area (Å²) in [5.74, 6) is -4.13. The van der Waals surface area contributed by atoms with Crippen LogP contribution in [0.15, 0.2) is 36.4 Å². The molecule has 12 nitrogen and oxygen atoms in total. The number of carbonyl (C=O) groups is 5. The first-order chi connectivity index (χ1) is 20.9. The number of hydrogen-bond acceptors (Lipinski definition) is 9. The minimum Gasteiger partial charge on any atom is -0.508 e. The molecule has 0 aliphatic carbocycles. The Morgan fingerprint density at radius 3 is 2.00 bits per heavy atom. The number of carbonyl (C=O) groups excluding carboxylic acids is 4. The molecule has 0 aliphatic rings. The Hall–Kier alpha value is -3.46. The van der Waals surface area contributed by atoms with Crippen LogP contribution in [0.1, 0.15) is 36.1 Å². The Kier molecular flexibility index (Phi) is 14.0. The Labute approximate surface area is 278 Å². The molecular weight excluding hydrogens is 642 g/mol. The minimum atomic E-state index is -1.37. The van der Waals surface area contributed by atoms with Crippen molar-refractivity contribution in [3.05, 3.63) is 63.7 Å².